The third kappa shape index (κ3) is 4.02. The average molecular weight is 277 g/mol. The van der Waals surface area contributed by atoms with Crippen LogP contribution >= 0.6 is 0 Å². The van der Waals surface area contributed by atoms with Gasteiger partial charge in [-0.15, -0.1) is 0 Å². The fraction of sp³-hybridized carbons (Fsp3) is 0.600. The van der Waals surface area contributed by atoms with Crippen LogP contribution in [-0.2, 0) is 11.3 Å². The predicted molar refractivity (Wildman–Crippen MR) is 77.2 cm³/mol. The normalized spacial score (nSPS) is 17.1. The highest BCUT2D eigenvalue weighted by molar-refractivity contribution is 5.88. The van der Waals surface area contributed by atoms with Gasteiger partial charge in [0.25, 0.3) is 0 Å². The number of likely N-dealkylation sites (tertiary alicyclic amines) is 1. The van der Waals surface area contributed by atoms with E-state index in [0.717, 1.165) is 44.2 Å². The summed E-state index contributed by atoms with van der Waals surface area (Å²) in [5, 5.41) is 0. The first kappa shape index (κ1) is 14.9. The predicted octanol–water partition coefficient (Wildman–Crippen LogP) is 1.43. The first-order valence-corrected chi connectivity index (χ1v) is 7.18. The van der Waals surface area contributed by atoms with Crippen molar-refractivity contribution in [3.8, 4) is 0 Å². The SMILES string of the molecule is COC(=O)c1ccc(CN2CCC(CCN)CC2)nc1. The molecule has 5 nitrogen and oxygen atoms in total. The summed E-state index contributed by atoms with van der Waals surface area (Å²) >= 11 is 0. The molecule has 20 heavy (non-hydrogen) atoms. The van der Waals surface area contributed by atoms with E-state index in [9.17, 15) is 4.79 Å². The Kier molecular flexibility index (Phi) is 5.49. The fourth-order valence-electron chi connectivity index (χ4n) is 2.65. The number of ether oxygens (including phenoxy) is 1. The summed E-state index contributed by atoms with van der Waals surface area (Å²) in [4.78, 5) is 18.1. The molecule has 1 aromatic rings. The van der Waals surface area contributed by atoms with Crippen LogP contribution in [0.2, 0.25) is 0 Å². The second-order valence-corrected chi connectivity index (χ2v) is 5.33. The highest BCUT2D eigenvalue weighted by Crippen LogP contribution is 2.20. The third-order valence-corrected chi connectivity index (χ3v) is 3.91. The number of esters is 1. The second kappa shape index (κ2) is 7.36. The van der Waals surface area contributed by atoms with Crippen LogP contribution in [0.1, 0.15) is 35.3 Å². The molecule has 0 unspecified atom stereocenters. The van der Waals surface area contributed by atoms with Crippen LogP contribution in [-0.4, -0.2) is 42.6 Å². The number of nitrogens with zero attached hydrogens (tertiary/aromatic N) is 2. The smallest absolute Gasteiger partial charge is 0.339 e. The molecule has 2 heterocycles. The maximum absolute atomic E-state index is 11.3. The molecule has 1 saturated heterocycles. The van der Waals surface area contributed by atoms with E-state index in [2.05, 4.69) is 14.6 Å². The molecule has 5 heteroatoms. The summed E-state index contributed by atoms with van der Waals surface area (Å²) in [6, 6.07) is 3.67. The van der Waals surface area contributed by atoms with Crippen molar-refractivity contribution in [3.63, 3.8) is 0 Å². The van der Waals surface area contributed by atoms with Gasteiger partial charge in [0, 0.05) is 12.7 Å². The molecular weight excluding hydrogens is 254 g/mol. The molecule has 0 saturated carbocycles. The first-order chi connectivity index (χ1) is 9.72. The van der Waals surface area contributed by atoms with Gasteiger partial charge in [0.15, 0.2) is 0 Å². The molecule has 1 aliphatic heterocycles. The number of pyridine rings is 1. The molecule has 2 rings (SSSR count). The van der Waals surface area contributed by atoms with Gasteiger partial charge in [-0.2, -0.15) is 0 Å². The third-order valence-electron chi connectivity index (χ3n) is 3.91. The van der Waals surface area contributed by atoms with E-state index in [-0.39, 0.29) is 5.97 Å². The van der Waals surface area contributed by atoms with Crippen LogP contribution in [0.3, 0.4) is 0 Å². The Labute approximate surface area is 120 Å². The van der Waals surface area contributed by atoms with Crippen LogP contribution in [0.5, 0.6) is 0 Å². The van der Waals surface area contributed by atoms with E-state index in [1.54, 1.807) is 12.3 Å². The summed E-state index contributed by atoms with van der Waals surface area (Å²) in [5.41, 5.74) is 7.10. The van der Waals surface area contributed by atoms with Gasteiger partial charge >= 0.3 is 5.97 Å². The monoisotopic (exact) mass is 277 g/mol. The number of hydrogen-bond acceptors (Lipinski definition) is 5. The molecule has 110 valence electrons. The van der Waals surface area contributed by atoms with Crippen molar-refractivity contribution in [3.05, 3.63) is 29.6 Å². The number of carbonyl (C=O) groups is 1. The summed E-state index contributed by atoms with van der Waals surface area (Å²) in [6.07, 6.45) is 5.16. The molecule has 0 spiro atoms. The maximum Gasteiger partial charge on any atom is 0.339 e. The minimum Gasteiger partial charge on any atom is -0.465 e. The fourth-order valence-corrected chi connectivity index (χ4v) is 2.65. The van der Waals surface area contributed by atoms with Gasteiger partial charge in [0.1, 0.15) is 0 Å². The van der Waals surface area contributed by atoms with Gasteiger partial charge in [0.2, 0.25) is 0 Å². The van der Waals surface area contributed by atoms with Crippen molar-refractivity contribution in [2.75, 3.05) is 26.7 Å². The summed E-state index contributed by atoms with van der Waals surface area (Å²) < 4.78 is 4.66. The zero-order chi connectivity index (χ0) is 14.4. The topological polar surface area (TPSA) is 68.5 Å². The molecule has 0 amide bonds. The number of rotatable bonds is 5. The van der Waals surface area contributed by atoms with Crippen molar-refractivity contribution in [2.24, 2.45) is 11.7 Å². The quantitative estimate of drug-likeness (QED) is 0.825. The number of aromatic nitrogens is 1. The van der Waals surface area contributed by atoms with Gasteiger partial charge in [-0.3, -0.25) is 9.88 Å². The molecule has 0 aromatic carbocycles. The standard InChI is InChI=1S/C15H23N3O2/c1-20-15(19)13-2-3-14(17-10-13)11-18-8-5-12(4-7-16)6-9-18/h2-3,10,12H,4-9,11,16H2,1H3. The first-order valence-electron chi connectivity index (χ1n) is 7.18. The molecule has 0 bridgehead atoms. The molecule has 0 aliphatic carbocycles. The van der Waals surface area contributed by atoms with E-state index >= 15 is 0 Å². The van der Waals surface area contributed by atoms with Crippen molar-refractivity contribution in [1.82, 2.24) is 9.88 Å². The van der Waals surface area contributed by atoms with Crippen molar-refractivity contribution in [1.29, 1.82) is 0 Å². The summed E-state index contributed by atoms with van der Waals surface area (Å²) in [5.74, 6) is 0.442. The van der Waals surface area contributed by atoms with Gasteiger partial charge in [-0.05, 0) is 56.9 Å². The number of piperidine rings is 1. The van der Waals surface area contributed by atoms with Crippen molar-refractivity contribution >= 4 is 5.97 Å². The van der Waals surface area contributed by atoms with Gasteiger partial charge in [-0.1, -0.05) is 0 Å². The Hall–Kier alpha value is -1.46. The molecule has 0 atom stereocenters. The van der Waals surface area contributed by atoms with Gasteiger partial charge < -0.3 is 10.5 Å². The lowest BCUT2D eigenvalue weighted by Gasteiger charge is -2.31. The highest BCUT2D eigenvalue weighted by Gasteiger charge is 2.18. The zero-order valence-corrected chi connectivity index (χ0v) is 12.0. The van der Waals surface area contributed by atoms with Crippen molar-refractivity contribution in [2.45, 2.75) is 25.8 Å². The van der Waals surface area contributed by atoms with Crippen LogP contribution in [0.15, 0.2) is 18.3 Å². The Morgan fingerprint density at radius 2 is 2.20 bits per heavy atom. The van der Waals surface area contributed by atoms with E-state index in [1.165, 1.54) is 20.0 Å². The summed E-state index contributed by atoms with van der Waals surface area (Å²) in [6.45, 7) is 3.84. The van der Waals surface area contributed by atoms with E-state index in [4.69, 9.17) is 5.73 Å². The second-order valence-electron chi connectivity index (χ2n) is 5.33. The largest absolute Gasteiger partial charge is 0.465 e. The van der Waals surface area contributed by atoms with E-state index < -0.39 is 0 Å². The Morgan fingerprint density at radius 1 is 1.45 bits per heavy atom. The Balaban J connectivity index is 1.84. The average Bonchev–Trinajstić information content (AvgIpc) is 2.49. The molecule has 1 fully saturated rings. The van der Waals surface area contributed by atoms with Crippen LogP contribution in [0, 0.1) is 5.92 Å². The van der Waals surface area contributed by atoms with E-state index in [0.29, 0.717) is 5.56 Å². The lowest BCUT2D eigenvalue weighted by atomic mass is 9.93. The van der Waals surface area contributed by atoms with E-state index in [1.807, 2.05) is 6.07 Å². The van der Waals surface area contributed by atoms with Crippen LogP contribution < -0.4 is 5.73 Å². The number of nitrogens with two attached hydrogens (primary N) is 1. The molecular formula is C15H23N3O2. The molecule has 0 radical (unpaired) electrons. The van der Waals surface area contributed by atoms with Crippen LogP contribution in [0.25, 0.3) is 0 Å². The maximum atomic E-state index is 11.3. The molecule has 1 aliphatic rings. The van der Waals surface area contributed by atoms with Crippen molar-refractivity contribution < 1.29 is 9.53 Å². The van der Waals surface area contributed by atoms with Gasteiger partial charge in [0.05, 0.1) is 18.4 Å². The minimum atomic E-state index is -0.341. The van der Waals surface area contributed by atoms with Gasteiger partial charge in [-0.25, -0.2) is 4.79 Å². The minimum absolute atomic E-state index is 0.341. The molecule has 1 aromatic heterocycles. The molecule has 2 N–H and O–H groups in total. The number of hydrogen-bond donors (Lipinski definition) is 1. The Morgan fingerprint density at radius 3 is 2.75 bits per heavy atom. The lowest BCUT2D eigenvalue weighted by molar-refractivity contribution is 0.0600. The Bertz CT molecular complexity index is 425. The number of methoxy groups -OCH3 is 1. The van der Waals surface area contributed by atoms with Crippen LogP contribution in [0.4, 0.5) is 0 Å². The summed E-state index contributed by atoms with van der Waals surface area (Å²) in [7, 11) is 1.38. The lowest BCUT2D eigenvalue weighted by Crippen LogP contribution is -2.34. The highest BCUT2D eigenvalue weighted by atomic mass is 16.5. The zero-order valence-electron chi connectivity index (χ0n) is 12.0. The number of carbonyl (C=O) groups excluding carboxylic acids is 1.